The Morgan fingerprint density at radius 2 is 1.51 bits per heavy atom. The first-order chi connectivity index (χ1) is 18.8. The molecule has 39 heavy (non-hydrogen) atoms. The Morgan fingerprint density at radius 1 is 0.949 bits per heavy atom. The molecule has 3 aromatic carbocycles. The second kappa shape index (κ2) is 12.3. The van der Waals surface area contributed by atoms with Crippen molar-refractivity contribution in [2.24, 2.45) is 5.92 Å². The van der Waals surface area contributed by atoms with Gasteiger partial charge in [0.1, 0.15) is 11.6 Å². The van der Waals surface area contributed by atoms with Gasteiger partial charge >= 0.3 is 0 Å². The zero-order valence-corrected chi connectivity index (χ0v) is 23.4. The van der Waals surface area contributed by atoms with Gasteiger partial charge in [0.15, 0.2) is 0 Å². The Morgan fingerprint density at radius 3 is 2.00 bits per heavy atom. The quantitative estimate of drug-likeness (QED) is 0.299. The summed E-state index contributed by atoms with van der Waals surface area (Å²) in [6.07, 6.45) is 2.85. The van der Waals surface area contributed by atoms with E-state index in [0.29, 0.717) is 28.7 Å². The van der Waals surface area contributed by atoms with Gasteiger partial charge in [0, 0.05) is 47.2 Å². The lowest BCUT2D eigenvalue weighted by molar-refractivity contribution is -0.126. The Hall–Kier alpha value is -2.51. The molecule has 1 amide bonds. The fourth-order valence-electron chi connectivity index (χ4n) is 6.08. The molecule has 0 aliphatic carbocycles. The number of rotatable bonds is 9. The van der Waals surface area contributed by atoms with E-state index in [9.17, 15) is 13.6 Å². The Labute approximate surface area is 238 Å². The van der Waals surface area contributed by atoms with E-state index in [4.69, 9.17) is 23.2 Å². The number of halogens is 4. The average Bonchev–Trinajstić information content (AvgIpc) is 3.42. The van der Waals surface area contributed by atoms with Crippen molar-refractivity contribution in [1.82, 2.24) is 15.5 Å². The second-order valence-corrected chi connectivity index (χ2v) is 11.5. The third-order valence-electron chi connectivity index (χ3n) is 8.02. The van der Waals surface area contributed by atoms with Crippen LogP contribution in [0, 0.1) is 17.6 Å². The highest BCUT2D eigenvalue weighted by atomic mass is 35.5. The topological polar surface area (TPSA) is 44.4 Å². The van der Waals surface area contributed by atoms with Crippen LogP contribution in [0.2, 0.25) is 10.0 Å². The molecule has 2 aliphatic heterocycles. The molecule has 0 radical (unpaired) electrons. The third-order valence-corrected chi connectivity index (χ3v) is 8.53. The molecule has 8 heteroatoms. The van der Waals surface area contributed by atoms with Gasteiger partial charge in [-0.15, -0.1) is 0 Å². The molecular formula is C31H33Cl2F2N3O. The number of carbonyl (C=O) groups excluding carboxylic acids is 1. The minimum absolute atomic E-state index is 0.0343. The SMILES string of the molecule is CCC(NC(=O)C(c1cc(F)cc(F)c1)C1CN(C(c2ccc(Cl)cc2)c2ccc(Cl)cc2)C1)C1CCCN1. The van der Waals surface area contributed by atoms with Gasteiger partial charge in [0.25, 0.3) is 0 Å². The van der Waals surface area contributed by atoms with Crippen LogP contribution in [0.5, 0.6) is 0 Å². The molecule has 2 saturated heterocycles. The van der Waals surface area contributed by atoms with Crippen molar-refractivity contribution in [2.45, 2.75) is 50.2 Å². The molecule has 2 N–H and O–H groups in total. The minimum atomic E-state index is -0.677. The van der Waals surface area contributed by atoms with Gasteiger partial charge in [-0.3, -0.25) is 9.69 Å². The second-order valence-electron chi connectivity index (χ2n) is 10.6. The number of hydrogen-bond donors (Lipinski definition) is 2. The van der Waals surface area contributed by atoms with Crippen molar-refractivity contribution < 1.29 is 13.6 Å². The molecule has 206 valence electrons. The smallest absolute Gasteiger partial charge is 0.228 e. The van der Waals surface area contributed by atoms with Crippen molar-refractivity contribution in [1.29, 1.82) is 0 Å². The Balaban J connectivity index is 1.41. The van der Waals surface area contributed by atoms with Crippen LogP contribution in [0.15, 0.2) is 66.7 Å². The maximum atomic E-state index is 14.3. The minimum Gasteiger partial charge on any atom is -0.351 e. The molecule has 0 aromatic heterocycles. The van der Waals surface area contributed by atoms with Gasteiger partial charge < -0.3 is 10.6 Å². The molecule has 0 bridgehead atoms. The van der Waals surface area contributed by atoms with Gasteiger partial charge in [-0.1, -0.05) is 54.4 Å². The third kappa shape index (κ3) is 6.46. The molecule has 5 rings (SSSR count). The summed E-state index contributed by atoms with van der Waals surface area (Å²) in [5.74, 6) is -2.31. The van der Waals surface area contributed by atoms with E-state index < -0.39 is 17.6 Å². The number of hydrogen-bond acceptors (Lipinski definition) is 3. The van der Waals surface area contributed by atoms with Crippen LogP contribution in [0.1, 0.15) is 54.8 Å². The fourth-order valence-corrected chi connectivity index (χ4v) is 6.33. The van der Waals surface area contributed by atoms with Crippen LogP contribution in [-0.4, -0.2) is 42.5 Å². The molecule has 3 atom stereocenters. The summed E-state index contributed by atoms with van der Waals surface area (Å²) in [6, 6.07) is 19.0. The summed E-state index contributed by atoms with van der Waals surface area (Å²) < 4.78 is 28.6. The monoisotopic (exact) mass is 571 g/mol. The standard InChI is InChI=1S/C31H33Cl2F2N3O/c1-2-27(28-4-3-13-36-28)37-31(39)29(21-14-25(34)16-26(35)15-21)22-17-38(18-22)30(19-5-9-23(32)10-6-19)20-7-11-24(33)12-8-20/h5-12,14-16,22,27-30,36H,2-4,13,17-18H2,1H3,(H,37,39). The van der Waals surface area contributed by atoms with Gasteiger partial charge in [-0.05, 0) is 78.9 Å². The maximum Gasteiger partial charge on any atom is 0.228 e. The van der Waals surface area contributed by atoms with Crippen LogP contribution in [0.4, 0.5) is 8.78 Å². The van der Waals surface area contributed by atoms with E-state index in [-0.39, 0.29) is 30.0 Å². The number of nitrogens with one attached hydrogen (secondary N) is 2. The Kier molecular flexibility index (Phi) is 8.87. The van der Waals surface area contributed by atoms with E-state index in [2.05, 4.69) is 22.5 Å². The largest absolute Gasteiger partial charge is 0.351 e. The number of nitrogens with zero attached hydrogens (tertiary/aromatic N) is 1. The summed E-state index contributed by atoms with van der Waals surface area (Å²) in [5.41, 5.74) is 2.51. The predicted octanol–water partition coefficient (Wildman–Crippen LogP) is 6.72. The van der Waals surface area contributed by atoms with E-state index in [1.807, 2.05) is 48.5 Å². The fraction of sp³-hybridized carbons (Fsp3) is 0.387. The normalized spacial score (nSPS) is 19.6. The molecule has 0 saturated carbocycles. The highest BCUT2D eigenvalue weighted by Crippen LogP contribution is 2.41. The lowest BCUT2D eigenvalue weighted by Gasteiger charge is -2.47. The molecule has 2 aliphatic rings. The van der Waals surface area contributed by atoms with Crippen molar-refractivity contribution in [3.8, 4) is 0 Å². The molecule has 3 unspecified atom stereocenters. The zero-order chi connectivity index (χ0) is 27.5. The van der Waals surface area contributed by atoms with Crippen LogP contribution in [-0.2, 0) is 4.79 Å². The molecule has 2 fully saturated rings. The predicted molar refractivity (Wildman–Crippen MR) is 152 cm³/mol. The highest BCUT2D eigenvalue weighted by molar-refractivity contribution is 6.30. The highest BCUT2D eigenvalue weighted by Gasteiger charge is 2.43. The molecular weight excluding hydrogens is 539 g/mol. The summed E-state index contributed by atoms with van der Waals surface area (Å²) in [5, 5.41) is 8.00. The first-order valence-electron chi connectivity index (χ1n) is 13.6. The first kappa shape index (κ1) is 28.0. The van der Waals surface area contributed by atoms with Crippen LogP contribution < -0.4 is 10.6 Å². The van der Waals surface area contributed by atoms with Crippen LogP contribution in [0.3, 0.4) is 0 Å². The van der Waals surface area contributed by atoms with E-state index in [0.717, 1.165) is 43.0 Å². The number of benzene rings is 3. The first-order valence-corrected chi connectivity index (χ1v) is 14.3. The zero-order valence-electron chi connectivity index (χ0n) is 21.8. The van der Waals surface area contributed by atoms with Crippen molar-refractivity contribution >= 4 is 29.1 Å². The van der Waals surface area contributed by atoms with Crippen LogP contribution in [0.25, 0.3) is 0 Å². The number of likely N-dealkylation sites (tertiary alicyclic amines) is 1. The summed E-state index contributed by atoms with van der Waals surface area (Å²) in [6.45, 7) is 4.16. The van der Waals surface area contributed by atoms with Crippen molar-refractivity contribution in [2.75, 3.05) is 19.6 Å². The molecule has 2 heterocycles. The lowest BCUT2D eigenvalue weighted by atomic mass is 9.78. The average molecular weight is 573 g/mol. The van der Waals surface area contributed by atoms with Crippen LogP contribution >= 0.6 is 23.2 Å². The number of carbonyl (C=O) groups is 1. The van der Waals surface area contributed by atoms with Crippen molar-refractivity contribution in [3.63, 3.8) is 0 Å². The van der Waals surface area contributed by atoms with Gasteiger partial charge in [-0.25, -0.2) is 8.78 Å². The lowest BCUT2D eigenvalue weighted by Crippen LogP contribution is -2.55. The van der Waals surface area contributed by atoms with Gasteiger partial charge in [0.2, 0.25) is 5.91 Å². The van der Waals surface area contributed by atoms with Gasteiger partial charge in [0.05, 0.1) is 12.0 Å². The summed E-state index contributed by atoms with van der Waals surface area (Å²) in [7, 11) is 0. The number of amides is 1. The Bertz CT molecular complexity index is 1210. The maximum absolute atomic E-state index is 14.3. The summed E-state index contributed by atoms with van der Waals surface area (Å²) >= 11 is 12.3. The van der Waals surface area contributed by atoms with Crippen molar-refractivity contribution in [3.05, 3.63) is 105 Å². The van der Waals surface area contributed by atoms with E-state index in [1.54, 1.807) is 0 Å². The molecule has 3 aromatic rings. The molecule has 4 nitrogen and oxygen atoms in total. The summed E-state index contributed by atoms with van der Waals surface area (Å²) in [4.78, 5) is 16.1. The van der Waals surface area contributed by atoms with E-state index in [1.165, 1.54) is 12.1 Å². The van der Waals surface area contributed by atoms with Gasteiger partial charge in [-0.2, -0.15) is 0 Å². The molecule has 0 spiro atoms. The van der Waals surface area contributed by atoms with E-state index >= 15 is 0 Å².